The fourth-order valence-corrected chi connectivity index (χ4v) is 1.70. The molecule has 5 heteroatoms. The molecule has 2 N–H and O–H groups in total. The largest absolute Gasteiger partial charge is 0.389 e. The standard InChI is InChI=1S/C13H26N2O3/c1-11(16)14-9-7-5-6-8-12(17)15(4)10-13(2,3)18/h18H,5-10H2,1-4H3,(H,14,16). The molecule has 0 fully saturated rings. The third kappa shape index (κ3) is 10.1. The molecule has 0 aliphatic rings. The maximum atomic E-state index is 11.7. The molecule has 0 atom stereocenters. The predicted octanol–water partition coefficient (Wildman–Crippen LogP) is 0.912. The summed E-state index contributed by atoms with van der Waals surface area (Å²) in [5.74, 6) is 0.0349. The van der Waals surface area contributed by atoms with Gasteiger partial charge in [0, 0.05) is 33.5 Å². The van der Waals surface area contributed by atoms with E-state index in [0.717, 1.165) is 19.3 Å². The van der Waals surface area contributed by atoms with Gasteiger partial charge in [-0.1, -0.05) is 6.42 Å². The zero-order chi connectivity index (χ0) is 14.2. The molecule has 0 saturated carbocycles. The lowest BCUT2D eigenvalue weighted by molar-refractivity contribution is -0.132. The summed E-state index contributed by atoms with van der Waals surface area (Å²) in [6, 6.07) is 0. The molecular weight excluding hydrogens is 232 g/mol. The van der Waals surface area contributed by atoms with Gasteiger partial charge in [-0.15, -0.1) is 0 Å². The van der Waals surface area contributed by atoms with E-state index in [-0.39, 0.29) is 11.8 Å². The number of hydrogen-bond donors (Lipinski definition) is 2. The molecule has 0 radical (unpaired) electrons. The maximum Gasteiger partial charge on any atom is 0.222 e. The highest BCUT2D eigenvalue weighted by Crippen LogP contribution is 2.07. The molecule has 0 spiro atoms. The highest BCUT2D eigenvalue weighted by atomic mass is 16.3. The fraction of sp³-hybridized carbons (Fsp3) is 0.846. The lowest BCUT2D eigenvalue weighted by Crippen LogP contribution is -2.39. The van der Waals surface area contributed by atoms with Crippen molar-refractivity contribution in [1.82, 2.24) is 10.2 Å². The minimum absolute atomic E-state index is 0.0176. The molecule has 18 heavy (non-hydrogen) atoms. The molecule has 0 rings (SSSR count). The summed E-state index contributed by atoms with van der Waals surface area (Å²) >= 11 is 0. The topological polar surface area (TPSA) is 69.6 Å². The molecule has 2 amide bonds. The Morgan fingerprint density at radius 2 is 1.83 bits per heavy atom. The van der Waals surface area contributed by atoms with E-state index in [1.54, 1.807) is 25.8 Å². The SMILES string of the molecule is CC(=O)NCCCCCC(=O)N(C)CC(C)(C)O. The van der Waals surface area contributed by atoms with Crippen molar-refractivity contribution in [2.45, 2.75) is 52.1 Å². The van der Waals surface area contributed by atoms with E-state index in [1.165, 1.54) is 6.92 Å². The quantitative estimate of drug-likeness (QED) is 0.636. The average molecular weight is 258 g/mol. The summed E-state index contributed by atoms with van der Waals surface area (Å²) in [6.07, 6.45) is 3.12. The molecule has 0 aromatic heterocycles. The first-order valence-corrected chi connectivity index (χ1v) is 6.43. The van der Waals surface area contributed by atoms with Gasteiger partial charge in [-0.3, -0.25) is 9.59 Å². The van der Waals surface area contributed by atoms with Crippen molar-refractivity contribution >= 4 is 11.8 Å². The monoisotopic (exact) mass is 258 g/mol. The first kappa shape index (κ1) is 16.9. The van der Waals surface area contributed by atoms with Gasteiger partial charge in [-0.2, -0.15) is 0 Å². The van der Waals surface area contributed by atoms with Crippen molar-refractivity contribution in [2.24, 2.45) is 0 Å². The van der Waals surface area contributed by atoms with Crippen LogP contribution in [0.1, 0.15) is 46.5 Å². The maximum absolute atomic E-state index is 11.7. The fourth-order valence-electron chi connectivity index (χ4n) is 1.70. The van der Waals surface area contributed by atoms with Crippen LogP contribution in [0.25, 0.3) is 0 Å². The van der Waals surface area contributed by atoms with Gasteiger partial charge in [0.1, 0.15) is 0 Å². The Morgan fingerprint density at radius 3 is 2.33 bits per heavy atom. The third-order valence-electron chi connectivity index (χ3n) is 2.49. The van der Waals surface area contributed by atoms with Crippen LogP contribution in [0.3, 0.4) is 0 Å². The van der Waals surface area contributed by atoms with Gasteiger partial charge in [-0.25, -0.2) is 0 Å². The van der Waals surface area contributed by atoms with Gasteiger partial charge in [0.2, 0.25) is 11.8 Å². The first-order chi connectivity index (χ1) is 8.22. The minimum Gasteiger partial charge on any atom is -0.389 e. The van der Waals surface area contributed by atoms with Gasteiger partial charge < -0.3 is 15.3 Å². The van der Waals surface area contributed by atoms with Crippen LogP contribution in [0.5, 0.6) is 0 Å². The molecule has 0 saturated heterocycles. The summed E-state index contributed by atoms with van der Waals surface area (Å²) in [5.41, 5.74) is -0.851. The van der Waals surface area contributed by atoms with Crippen molar-refractivity contribution in [3.63, 3.8) is 0 Å². The van der Waals surface area contributed by atoms with E-state index in [0.29, 0.717) is 19.5 Å². The number of rotatable bonds is 8. The highest BCUT2D eigenvalue weighted by molar-refractivity contribution is 5.75. The summed E-state index contributed by atoms with van der Waals surface area (Å²) < 4.78 is 0. The van der Waals surface area contributed by atoms with Crippen LogP contribution >= 0.6 is 0 Å². The second-order valence-corrected chi connectivity index (χ2v) is 5.36. The second-order valence-electron chi connectivity index (χ2n) is 5.36. The smallest absolute Gasteiger partial charge is 0.222 e. The molecule has 0 bridgehead atoms. The zero-order valence-electron chi connectivity index (χ0n) is 12.0. The van der Waals surface area contributed by atoms with E-state index in [2.05, 4.69) is 5.32 Å². The average Bonchev–Trinajstić information content (AvgIpc) is 2.19. The Morgan fingerprint density at radius 1 is 1.22 bits per heavy atom. The molecule has 106 valence electrons. The lowest BCUT2D eigenvalue weighted by Gasteiger charge is -2.25. The van der Waals surface area contributed by atoms with Gasteiger partial charge >= 0.3 is 0 Å². The molecule has 0 aromatic carbocycles. The zero-order valence-corrected chi connectivity index (χ0v) is 12.0. The number of nitrogens with one attached hydrogen (secondary N) is 1. The number of nitrogens with zero attached hydrogens (tertiary/aromatic N) is 1. The third-order valence-corrected chi connectivity index (χ3v) is 2.49. The molecule has 5 nitrogen and oxygen atoms in total. The van der Waals surface area contributed by atoms with Crippen LogP contribution in [0, 0.1) is 0 Å². The van der Waals surface area contributed by atoms with Crippen LogP contribution < -0.4 is 5.32 Å². The van der Waals surface area contributed by atoms with Crippen LogP contribution in [0.4, 0.5) is 0 Å². The highest BCUT2D eigenvalue weighted by Gasteiger charge is 2.18. The molecule has 0 unspecified atom stereocenters. The molecule has 0 aliphatic heterocycles. The number of hydrogen-bond acceptors (Lipinski definition) is 3. The van der Waals surface area contributed by atoms with E-state index in [4.69, 9.17) is 0 Å². The normalized spacial score (nSPS) is 11.2. The van der Waals surface area contributed by atoms with Crippen molar-refractivity contribution in [3.05, 3.63) is 0 Å². The second kappa shape index (κ2) is 8.08. The van der Waals surface area contributed by atoms with Crippen molar-refractivity contribution in [1.29, 1.82) is 0 Å². The molecular formula is C13H26N2O3. The molecule has 0 aliphatic carbocycles. The van der Waals surface area contributed by atoms with Crippen LogP contribution in [0.15, 0.2) is 0 Å². The van der Waals surface area contributed by atoms with Gasteiger partial charge in [0.25, 0.3) is 0 Å². The van der Waals surface area contributed by atoms with Crippen molar-refractivity contribution in [3.8, 4) is 0 Å². The van der Waals surface area contributed by atoms with Gasteiger partial charge in [0.05, 0.1) is 5.60 Å². The van der Waals surface area contributed by atoms with Gasteiger partial charge in [-0.05, 0) is 26.7 Å². The summed E-state index contributed by atoms with van der Waals surface area (Å²) in [4.78, 5) is 23.9. The Hall–Kier alpha value is -1.10. The number of carbonyl (C=O) groups excluding carboxylic acids is 2. The number of amides is 2. The van der Waals surface area contributed by atoms with Crippen LogP contribution in [-0.2, 0) is 9.59 Å². The van der Waals surface area contributed by atoms with E-state index in [1.807, 2.05) is 0 Å². The summed E-state index contributed by atoms with van der Waals surface area (Å²) in [6.45, 7) is 5.88. The summed E-state index contributed by atoms with van der Waals surface area (Å²) in [5, 5.41) is 12.3. The Kier molecular flexibility index (Phi) is 7.59. The predicted molar refractivity (Wildman–Crippen MR) is 71.1 cm³/mol. The molecule has 0 aromatic rings. The Balaban J connectivity index is 3.61. The minimum atomic E-state index is -0.851. The first-order valence-electron chi connectivity index (χ1n) is 6.43. The number of likely N-dealkylation sites (N-methyl/N-ethyl adjacent to an activating group) is 1. The van der Waals surface area contributed by atoms with Gasteiger partial charge in [0.15, 0.2) is 0 Å². The van der Waals surface area contributed by atoms with E-state index in [9.17, 15) is 14.7 Å². The lowest BCUT2D eigenvalue weighted by atomic mass is 10.1. The number of carbonyl (C=O) groups is 2. The van der Waals surface area contributed by atoms with Crippen LogP contribution in [-0.4, -0.2) is 47.6 Å². The van der Waals surface area contributed by atoms with E-state index < -0.39 is 5.60 Å². The Bertz CT molecular complexity index is 272. The number of aliphatic hydroxyl groups is 1. The van der Waals surface area contributed by atoms with Crippen LogP contribution in [0.2, 0.25) is 0 Å². The van der Waals surface area contributed by atoms with E-state index >= 15 is 0 Å². The Labute approximate surface area is 110 Å². The van der Waals surface area contributed by atoms with Crippen molar-refractivity contribution in [2.75, 3.05) is 20.1 Å². The molecule has 0 heterocycles. The number of unbranched alkanes of at least 4 members (excludes halogenated alkanes) is 2. The van der Waals surface area contributed by atoms with Crippen molar-refractivity contribution < 1.29 is 14.7 Å². The summed E-state index contributed by atoms with van der Waals surface area (Å²) in [7, 11) is 1.71.